The molecule has 3 aromatic rings. The zero-order valence-electron chi connectivity index (χ0n) is 18.5. The van der Waals surface area contributed by atoms with Crippen molar-refractivity contribution >= 4 is 23.2 Å². The molecule has 0 bridgehead atoms. The Labute approximate surface area is 178 Å². The number of amides is 1. The van der Waals surface area contributed by atoms with Crippen LogP contribution >= 0.6 is 0 Å². The van der Waals surface area contributed by atoms with Crippen LogP contribution in [0.25, 0.3) is 17.1 Å². The highest BCUT2D eigenvalue weighted by Crippen LogP contribution is 2.28. The van der Waals surface area contributed by atoms with Crippen LogP contribution in [0, 0.1) is 5.92 Å². The van der Waals surface area contributed by atoms with E-state index in [0.717, 1.165) is 22.4 Å². The molecule has 1 atom stereocenters. The first-order chi connectivity index (χ1) is 14.2. The number of aromatic nitrogens is 2. The van der Waals surface area contributed by atoms with E-state index in [9.17, 15) is 4.79 Å². The van der Waals surface area contributed by atoms with Gasteiger partial charge in [0.1, 0.15) is 11.4 Å². The average molecular weight is 406 g/mol. The van der Waals surface area contributed by atoms with Gasteiger partial charge in [0.05, 0.1) is 17.1 Å². The predicted octanol–water partition coefficient (Wildman–Crippen LogP) is 5.95. The van der Waals surface area contributed by atoms with Crippen LogP contribution in [0.4, 0.5) is 4.79 Å². The summed E-state index contributed by atoms with van der Waals surface area (Å²) in [7, 11) is 0. The highest BCUT2D eigenvalue weighted by molar-refractivity contribution is 5.79. The van der Waals surface area contributed by atoms with Crippen molar-refractivity contribution in [3.8, 4) is 0 Å². The predicted molar refractivity (Wildman–Crippen MR) is 122 cm³/mol. The lowest BCUT2D eigenvalue weighted by Crippen LogP contribution is -2.38. The highest BCUT2D eigenvalue weighted by atomic mass is 16.6. The van der Waals surface area contributed by atoms with Crippen molar-refractivity contribution in [3.05, 3.63) is 72.1 Å². The number of alkyl carbamates (subject to hydrolysis) is 1. The first kappa shape index (κ1) is 21.6. The number of nitrogens with zero attached hydrogens (tertiary/aromatic N) is 2. The third-order valence-electron chi connectivity index (χ3n) is 4.84. The van der Waals surface area contributed by atoms with E-state index in [4.69, 9.17) is 9.72 Å². The Bertz CT molecular complexity index is 1030. The Hall–Kier alpha value is -3.08. The molecule has 5 heteroatoms. The highest BCUT2D eigenvalue weighted by Gasteiger charge is 2.27. The molecule has 1 unspecified atom stereocenters. The van der Waals surface area contributed by atoms with E-state index in [1.165, 1.54) is 5.56 Å². The van der Waals surface area contributed by atoms with Crippen molar-refractivity contribution in [3.63, 3.8) is 0 Å². The molecule has 30 heavy (non-hydrogen) atoms. The fourth-order valence-corrected chi connectivity index (χ4v) is 3.43. The van der Waals surface area contributed by atoms with E-state index in [1.807, 2.05) is 57.2 Å². The van der Waals surface area contributed by atoms with Gasteiger partial charge in [-0.25, -0.2) is 9.78 Å². The Balaban J connectivity index is 2.07. The van der Waals surface area contributed by atoms with Gasteiger partial charge in [-0.3, -0.25) is 0 Å². The van der Waals surface area contributed by atoms with Crippen molar-refractivity contribution in [1.29, 1.82) is 0 Å². The third kappa shape index (κ3) is 5.09. The summed E-state index contributed by atoms with van der Waals surface area (Å²) < 4.78 is 7.69. The second kappa shape index (κ2) is 8.74. The quantitative estimate of drug-likeness (QED) is 0.551. The molecule has 0 aliphatic rings. The van der Waals surface area contributed by atoms with Crippen LogP contribution in [0.2, 0.25) is 0 Å². The first-order valence-electron chi connectivity index (χ1n) is 10.3. The molecule has 1 amide bonds. The van der Waals surface area contributed by atoms with Gasteiger partial charge in [-0.15, -0.1) is 0 Å². The van der Waals surface area contributed by atoms with Gasteiger partial charge < -0.3 is 14.6 Å². The fourth-order valence-electron chi connectivity index (χ4n) is 3.43. The Morgan fingerprint density at radius 1 is 1.20 bits per heavy atom. The van der Waals surface area contributed by atoms with Crippen molar-refractivity contribution in [1.82, 2.24) is 14.9 Å². The normalized spacial score (nSPS) is 12.7. The van der Waals surface area contributed by atoms with Crippen LogP contribution in [0.5, 0.6) is 0 Å². The van der Waals surface area contributed by atoms with Crippen molar-refractivity contribution in [2.75, 3.05) is 0 Å². The number of imidazole rings is 1. The molecule has 0 saturated heterocycles. The summed E-state index contributed by atoms with van der Waals surface area (Å²) in [6, 6.07) is 16.1. The van der Waals surface area contributed by atoms with Crippen LogP contribution < -0.4 is 5.32 Å². The second-order valence-electron chi connectivity index (χ2n) is 8.86. The number of carbonyl (C=O) groups excluding carboxylic acids is 1. The number of hydrogen-bond donors (Lipinski definition) is 1. The van der Waals surface area contributed by atoms with Gasteiger partial charge in [-0.2, -0.15) is 0 Å². The Morgan fingerprint density at radius 3 is 2.50 bits per heavy atom. The van der Waals surface area contributed by atoms with Gasteiger partial charge in [-0.05, 0) is 49.9 Å². The molecule has 158 valence electrons. The molecular formula is C25H31N3O2. The maximum absolute atomic E-state index is 12.5. The van der Waals surface area contributed by atoms with Crippen molar-refractivity contribution in [2.45, 2.75) is 52.8 Å². The molecule has 3 rings (SSSR count). The molecule has 0 aliphatic heterocycles. The Morgan fingerprint density at radius 2 is 1.90 bits per heavy atom. The van der Waals surface area contributed by atoms with E-state index in [0.29, 0.717) is 6.54 Å². The molecular weight excluding hydrogens is 374 g/mol. The number of fused-ring (bicyclic) bond motifs is 1. The van der Waals surface area contributed by atoms with E-state index in [2.05, 4.69) is 48.5 Å². The number of nitrogens with one attached hydrogen (secondary N) is 1. The smallest absolute Gasteiger partial charge is 0.408 e. The maximum Gasteiger partial charge on any atom is 0.408 e. The minimum atomic E-state index is -0.561. The minimum absolute atomic E-state index is 0.128. The molecule has 0 radical (unpaired) electrons. The van der Waals surface area contributed by atoms with Gasteiger partial charge in [0.15, 0.2) is 0 Å². The fraction of sp³-hybridized carbons (Fsp3) is 0.360. The van der Waals surface area contributed by atoms with Gasteiger partial charge >= 0.3 is 6.09 Å². The molecule has 0 fully saturated rings. The third-order valence-corrected chi connectivity index (χ3v) is 4.84. The van der Waals surface area contributed by atoms with E-state index in [-0.39, 0.29) is 12.0 Å². The first-order valence-corrected chi connectivity index (χ1v) is 10.3. The van der Waals surface area contributed by atoms with Crippen LogP contribution in [0.3, 0.4) is 0 Å². The number of benzene rings is 2. The second-order valence-corrected chi connectivity index (χ2v) is 8.86. The largest absolute Gasteiger partial charge is 0.444 e. The van der Waals surface area contributed by atoms with Crippen LogP contribution in [0.1, 0.15) is 57.6 Å². The zero-order chi connectivity index (χ0) is 21.9. The standard InChI is InChI=1S/C25H31N3O2/c1-7-18-13-14-21-20(15-18)26-23(28(21)16-19-11-9-8-10-12-19)22(17(2)3)27-24(29)30-25(4,5)6/h7-15,17,22H,1,16H2,2-6H3,(H,27,29). The summed E-state index contributed by atoms with van der Waals surface area (Å²) in [6.45, 7) is 14.3. The topological polar surface area (TPSA) is 56.1 Å². The summed E-state index contributed by atoms with van der Waals surface area (Å²) in [5.74, 6) is 0.943. The number of carbonyl (C=O) groups is 1. The van der Waals surface area contributed by atoms with Crippen LogP contribution in [-0.2, 0) is 11.3 Å². The monoisotopic (exact) mass is 405 g/mol. The summed E-state index contributed by atoms with van der Waals surface area (Å²) in [6.07, 6.45) is 1.38. The van der Waals surface area contributed by atoms with Crippen LogP contribution in [0.15, 0.2) is 55.1 Å². The number of hydrogen-bond acceptors (Lipinski definition) is 3. The Kier molecular flexibility index (Phi) is 6.30. The molecule has 1 heterocycles. The molecule has 5 nitrogen and oxygen atoms in total. The number of ether oxygens (including phenoxy) is 1. The SMILES string of the molecule is C=Cc1ccc2c(c1)nc(C(NC(=O)OC(C)(C)C)C(C)C)n2Cc1ccccc1. The summed E-state index contributed by atoms with van der Waals surface area (Å²) in [5.41, 5.74) is 3.53. The lowest BCUT2D eigenvalue weighted by molar-refractivity contribution is 0.0485. The lowest BCUT2D eigenvalue weighted by Gasteiger charge is -2.26. The van der Waals surface area contributed by atoms with Gasteiger partial charge in [0.2, 0.25) is 0 Å². The van der Waals surface area contributed by atoms with Crippen molar-refractivity contribution in [2.24, 2.45) is 5.92 Å². The van der Waals surface area contributed by atoms with E-state index in [1.54, 1.807) is 0 Å². The molecule has 0 spiro atoms. The van der Waals surface area contributed by atoms with Gasteiger partial charge in [0, 0.05) is 6.54 Å². The molecule has 1 aromatic heterocycles. The average Bonchev–Trinajstić information content (AvgIpc) is 3.02. The summed E-state index contributed by atoms with van der Waals surface area (Å²) >= 11 is 0. The summed E-state index contributed by atoms with van der Waals surface area (Å²) in [5, 5.41) is 3.04. The number of rotatable bonds is 6. The van der Waals surface area contributed by atoms with Gasteiger partial charge in [-0.1, -0.05) is 62.9 Å². The van der Waals surface area contributed by atoms with Gasteiger partial charge in [0.25, 0.3) is 0 Å². The van der Waals surface area contributed by atoms with Crippen molar-refractivity contribution < 1.29 is 9.53 Å². The minimum Gasteiger partial charge on any atom is -0.444 e. The summed E-state index contributed by atoms with van der Waals surface area (Å²) in [4.78, 5) is 17.5. The van der Waals surface area contributed by atoms with Crippen LogP contribution in [-0.4, -0.2) is 21.2 Å². The molecule has 2 aromatic carbocycles. The van der Waals surface area contributed by atoms with E-state index >= 15 is 0 Å². The molecule has 1 N–H and O–H groups in total. The maximum atomic E-state index is 12.5. The van der Waals surface area contributed by atoms with E-state index < -0.39 is 11.7 Å². The zero-order valence-corrected chi connectivity index (χ0v) is 18.5. The molecule has 0 aliphatic carbocycles. The molecule has 0 saturated carbocycles. The lowest BCUT2D eigenvalue weighted by atomic mass is 10.0.